The molecule has 0 bridgehead atoms. The lowest BCUT2D eigenvalue weighted by atomic mass is 10.0. The Bertz CT molecular complexity index is 643. The highest BCUT2D eigenvalue weighted by atomic mass is 14.7. The Balaban J connectivity index is 3.09. The van der Waals surface area contributed by atoms with Gasteiger partial charge in [0, 0.05) is 11.9 Å². The number of aryl methyl sites for hydroxylation is 1. The number of hydrogen-bond acceptors (Lipinski definition) is 3. The summed E-state index contributed by atoms with van der Waals surface area (Å²) in [5.41, 5.74) is 11.9. The molecule has 22 heavy (non-hydrogen) atoms. The summed E-state index contributed by atoms with van der Waals surface area (Å²) in [6, 6.07) is 7.83. The number of nitrogens with two attached hydrogens (primary N) is 1. The van der Waals surface area contributed by atoms with Gasteiger partial charge in [-0.15, -0.1) is 0 Å². The molecule has 0 aliphatic rings. The van der Waals surface area contributed by atoms with E-state index >= 15 is 0 Å². The molecule has 2 N–H and O–H groups in total. The van der Waals surface area contributed by atoms with Gasteiger partial charge in [-0.05, 0) is 69.0 Å². The van der Waals surface area contributed by atoms with Crippen molar-refractivity contribution in [2.24, 2.45) is 10.7 Å². The summed E-state index contributed by atoms with van der Waals surface area (Å²) in [6.45, 7) is 8.86. The minimum absolute atomic E-state index is 0.615. The number of allylic oxidation sites excluding steroid dienone is 2. The van der Waals surface area contributed by atoms with Gasteiger partial charge in [-0.25, -0.2) is 0 Å². The molecule has 3 nitrogen and oxygen atoms in total. The maximum atomic E-state index is 8.93. The number of nitrogens with zero attached hydrogens (tertiary/aromatic N) is 2. The molecule has 0 aliphatic carbocycles. The molecule has 0 atom stereocenters. The van der Waals surface area contributed by atoms with Crippen molar-refractivity contribution in [3.05, 3.63) is 58.3 Å². The van der Waals surface area contributed by atoms with E-state index in [4.69, 9.17) is 11.0 Å². The van der Waals surface area contributed by atoms with Crippen molar-refractivity contribution in [3.63, 3.8) is 0 Å². The summed E-state index contributed by atoms with van der Waals surface area (Å²) in [7, 11) is 0. The summed E-state index contributed by atoms with van der Waals surface area (Å²) >= 11 is 0. The predicted octanol–water partition coefficient (Wildman–Crippen LogP) is 4.26. The highest BCUT2D eigenvalue weighted by Crippen LogP contribution is 2.14. The molecule has 0 amide bonds. The first kappa shape index (κ1) is 17.9. The van der Waals surface area contributed by atoms with E-state index in [1.807, 2.05) is 38.2 Å². The molecule has 0 aliphatic heterocycles. The number of rotatable bonds is 6. The second-order valence-corrected chi connectivity index (χ2v) is 5.44. The predicted molar refractivity (Wildman–Crippen MR) is 93.9 cm³/mol. The number of nitriles is 1. The Kier molecular flexibility index (Phi) is 7.28. The fraction of sp³-hybridized carbons (Fsp3) is 0.368. The third-order valence-electron chi connectivity index (χ3n) is 3.59. The van der Waals surface area contributed by atoms with Gasteiger partial charge < -0.3 is 5.73 Å². The first-order chi connectivity index (χ1) is 10.5. The highest BCUT2D eigenvalue weighted by molar-refractivity contribution is 6.00. The summed E-state index contributed by atoms with van der Waals surface area (Å²) in [5.74, 6) is 0. The Hall–Kier alpha value is -2.18. The van der Waals surface area contributed by atoms with Crippen LogP contribution in [-0.4, -0.2) is 12.3 Å². The minimum Gasteiger partial charge on any atom is -0.330 e. The average Bonchev–Trinajstić information content (AvgIpc) is 2.52. The molecule has 1 aromatic carbocycles. The van der Waals surface area contributed by atoms with Gasteiger partial charge >= 0.3 is 0 Å². The van der Waals surface area contributed by atoms with Crippen LogP contribution in [0.4, 0.5) is 0 Å². The number of benzene rings is 1. The average molecular weight is 295 g/mol. The molecule has 0 saturated heterocycles. The Morgan fingerprint density at radius 2 is 2.09 bits per heavy atom. The van der Waals surface area contributed by atoms with Crippen LogP contribution in [-0.2, 0) is 0 Å². The van der Waals surface area contributed by atoms with E-state index in [0.29, 0.717) is 12.1 Å². The van der Waals surface area contributed by atoms with Crippen molar-refractivity contribution in [1.29, 1.82) is 5.26 Å². The van der Waals surface area contributed by atoms with Crippen LogP contribution >= 0.6 is 0 Å². The summed E-state index contributed by atoms with van der Waals surface area (Å²) < 4.78 is 0. The van der Waals surface area contributed by atoms with Gasteiger partial charge in [-0.1, -0.05) is 24.6 Å². The van der Waals surface area contributed by atoms with Crippen LogP contribution in [0.2, 0.25) is 0 Å². The molecule has 0 unspecified atom stereocenters. The van der Waals surface area contributed by atoms with Crippen LogP contribution in [0, 0.1) is 18.3 Å². The Morgan fingerprint density at radius 1 is 1.36 bits per heavy atom. The zero-order valence-electron chi connectivity index (χ0n) is 14.0. The van der Waals surface area contributed by atoms with Crippen LogP contribution in [0.15, 0.2) is 46.6 Å². The van der Waals surface area contributed by atoms with Crippen LogP contribution in [0.25, 0.3) is 0 Å². The molecule has 116 valence electrons. The first-order valence-corrected chi connectivity index (χ1v) is 7.63. The second-order valence-electron chi connectivity index (χ2n) is 5.44. The molecular formula is C19H25N3. The molecule has 1 aromatic rings. The van der Waals surface area contributed by atoms with E-state index in [2.05, 4.69) is 31.0 Å². The quantitative estimate of drug-likeness (QED) is 0.629. The van der Waals surface area contributed by atoms with Crippen LogP contribution in [0.1, 0.15) is 50.3 Å². The van der Waals surface area contributed by atoms with Crippen molar-refractivity contribution in [3.8, 4) is 6.07 Å². The molecule has 0 radical (unpaired) electrons. The van der Waals surface area contributed by atoms with E-state index in [0.717, 1.165) is 35.3 Å². The summed E-state index contributed by atoms with van der Waals surface area (Å²) in [5, 5.41) is 8.93. The van der Waals surface area contributed by atoms with Crippen LogP contribution in [0.3, 0.4) is 0 Å². The zero-order valence-corrected chi connectivity index (χ0v) is 14.0. The maximum Gasteiger partial charge on any atom is 0.0991 e. The van der Waals surface area contributed by atoms with Gasteiger partial charge in [0.15, 0.2) is 0 Å². The third kappa shape index (κ3) is 5.31. The minimum atomic E-state index is 0.615. The van der Waals surface area contributed by atoms with Gasteiger partial charge in [0.05, 0.1) is 11.6 Å². The molecule has 0 saturated carbocycles. The summed E-state index contributed by atoms with van der Waals surface area (Å²) in [6.07, 6.45) is 5.91. The zero-order chi connectivity index (χ0) is 16.5. The van der Waals surface area contributed by atoms with Gasteiger partial charge in [0.2, 0.25) is 0 Å². The second kappa shape index (κ2) is 8.96. The smallest absolute Gasteiger partial charge is 0.0991 e. The molecule has 1 rings (SSSR count). The van der Waals surface area contributed by atoms with Gasteiger partial charge in [0.1, 0.15) is 0 Å². The lowest BCUT2D eigenvalue weighted by molar-refractivity contribution is 0.960. The van der Waals surface area contributed by atoms with E-state index in [1.165, 1.54) is 5.57 Å². The Labute approximate surface area is 133 Å². The van der Waals surface area contributed by atoms with Crippen molar-refractivity contribution in [2.75, 3.05) is 6.54 Å². The highest BCUT2D eigenvalue weighted by Gasteiger charge is 2.03. The maximum absolute atomic E-state index is 8.93. The Morgan fingerprint density at radius 3 is 2.64 bits per heavy atom. The van der Waals surface area contributed by atoms with Crippen LogP contribution < -0.4 is 5.73 Å². The SMILES string of the molecule is CC/C(C)=C/C(=C\N=C(/C)c1ccc(C#N)cc1C)CCN. The van der Waals surface area contributed by atoms with E-state index in [1.54, 1.807) is 0 Å². The topological polar surface area (TPSA) is 62.2 Å². The van der Waals surface area contributed by atoms with E-state index in [9.17, 15) is 0 Å². The van der Waals surface area contributed by atoms with Gasteiger partial charge in [0.25, 0.3) is 0 Å². The van der Waals surface area contributed by atoms with Gasteiger partial charge in [-0.2, -0.15) is 5.26 Å². The normalized spacial score (nSPS) is 13.2. The largest absolute Gasteiger partial charge is 0.330 e. The molecule has 0 aromatic heterocycles. The number of hydrogen-bond donors (Lipinski definition) is 1. The fourth-order valence-electron chi connectivity index (χ4n) is 2.15. The lowest BCUT2D eigenvalue weighted by Gasteiger charge is -2.06. The van der Waals surface area contributed by atoms with Gasteiger partial charge in [-0.3, -0.25) is 4.99 Å². The number of aliphatic imine (C=N–C) groups is 1. The van der Waals surface area contributed by atoms with Crippen molar-refractivity contribution in [2.45, 2.75) is 40.5 Å². The lowest BCUT2D eigenvalue weighted by Crippen LogP contribution is -2.01. The van der Waals surface area contributed by atoms with E-state index < -0.39 is 0 Å². The standard InChI is InChI=1S/C19H25N3/c1-5-14(2)10-18(8-9-20)13-22-16(4)19-7-6-17(12-21)11-15(19)3/h6-7,10-11,13H,5,8-9,20H2,1-4H3/b14-10+,18-13-,22-16+. The monoisotopic (exact) mass is 295 g/mol. The molecule has 0 heterocycles. The van der Waals surface area contributed by atoms with E-state index in [-0.39, 0.29) is 0 Å². The van der Waals surface area contributed by atoms with Crippen molar-refractivity contribution >= 4 is 5.71 Å². The first-order valence-electron chi connectivity index (χ1n) is 7.63. The molecule has 0 spiro atoms. The van der Waals surface area contributed by atoms with Crippen molar-refractivity contribution in [1.82, 2.24) is 0 Å². The summed E-state index contributed by atoms with van der Waals surface area (Å²) in [4.78, 5) is 4.59. The fourth-order valence-corrected chi connectivity index (χ4v) is 2.15. The van der Waals surface area contributed by atoms with Crippen LogP contribution in [0.5, 0.6) is 0 Å². The molecular weight excluding hydrogens is 270 g/mol. The van der Waals surface area contributed by atoms with Crippen molar-refractivity contribution < 1.29 is 0 Å². The molecule has 0 fully saturated rings. The molecule has 3 heteroatoms. The third-order valence-corrected chi connectivity index (χ3v) is 3.59.